The highest BCUT2D eigenvalue weighted by atomic mass is 79.9. The van der Waals surface area contributed by atoms with Gasteiger partial charge >= 0.3 is 0 Å². The van der Waals surface area contributed by atoms with Gasteiger partial charge in [-0.1, -0.05) is 43.5 Å². The van der Waals surface area contributed by atoms with Gasteiger partial charge in [-0.3, -0.25) is 29.3 Å². The van der Waals surface area contributed by atoms with E-state index in [1.807, 2.05) is 0 Å². The van der Waals surface area contributed by atoms with Gasteiger partial charge in [0.2, 0.25) is 0 Å². The van der Waals surface area contributed by atoms with Gasteiger partial charge in [-0.25, -0.2) is 5.01 Å². The molecule has 2 saturated carbocycles. The second-order valence-corrected chi connectivity index (χ2v) is 12.0. The first-order chi connectivity index (χ1) is 17.5. The van der Waals surface area contributed by atoms with E-state index in [4.69, 9.17) is 11.6 Å². The number of carbonyl (C=O) groups excluding carboxylic acids is 4. The highest BCUT2D eigenvalue weighted by Crippen LogP contribution is 2.60. The molecule has 0 aromatic heterocycles. The van der Waals surface area contributed by atoms with Crippen molar-refractivity contribution in [2.75, 3.05) is 0 Å². The lowest BCUT2D eigenvalue weighted by Crippen LogP contribution is -2.56. The van der Waals surface area contributed by atoms with Gasteiger partial charge in [0.25, 0.3) is 23.4 Å². The maximum atomic E-state index is 13.8. The van der Waals surface area contributed by atoms with Crippen LogP contribution in [0.5, 0.6) is 0 Å². The first-order valence-corrected chi connectivity index (χ1v) is 13.8. The maximum absolute atomic E-state index is 13.8. The van der Waals surface area contributed by atoms with E-state index in [1.165, 1.54) is 43.3 Å². The number of hydrazine groups is 1. The molecule has 2 aliphatic carbocycles. The standard InChI is InChI=1S/C25H20Br2ClN3O6/c1-11(22(32)12-2-6-14(28)7-3-12)29(23(33)13-4-8-15(9-5-13)31(36)37)30-24(34)18-16-10-17(19(18)25(30)35)21(27)20(16)26/h2-9,11,16-21H,10H2,1H3/t11-,16-,17-,18-,19+,20-,21+/m1/s1. The quantitative estimate of drug-likeness (QED) is 0.147. The first-order valence-electron chi connectivity index (χ1n) is 11.6. The van der Waals surface area contributed by atoms with Crippen molar-refractivity contribution in [2.45, 2.75) is 29.0 Å². The number of hydrogen-bond acceptors (Lipinski definition) is 6. The van der Waals surface area contributed by atoms with Crippen molar-refractivity contribution in [3.8, 4) is 0 Å². The van der Waals surface area contributed by atoms with E-state index >= 15 is 0 Å². The summed E-state index contributed by atoms with van der Waals surface area (Å²) in [6, 6.07) is 9.64. The number of imide groups is 1. The fourth-order valence-corrected chi connectivity index (χ4v) is 7.81. The molecule has 2 bridgehead atoms. The third-order valence-corrected chi connectivity index (χ3v) is 11.0. The zero-order valence-corrected chi connectivity index (χ0v) is 23.2. The second-order valence-electron chi connectivity index (χ2n) is 9.49. The van der Waals surface area contributed by atoms with E-state index in [0.717, 1.165) is 22.2 Å². The van der Waals surface area contributed by atoms with E-state index in [-0.39, 0.29) is 38.3 Å². The highest BCUT2D eigenvalue weighted by Gasteiger charge is 2.68. The lowest BCUT2D eigenvalue weighted by molar-refractivity contribution is -0.384. The number of non-ortho nitro benzene ring substituents is 1. The number of Topliss-reactive ketones (excluding diaryl/α,β-unsaturated/α-hetero) is 1. The fourth-order valence-electron chi connectivity index (χ4n) is 5.81. The van der Waals surface area contributed by atoms with Gasteiger partial charge in [0.1, 0.15) is 6.04 Å². The number of alkyl halides is 2. The molecule has 1 heterocycles. The van der Waals surface area contributed by atoms with Crippen molar-refractivity contribution in [1.82, 2.24) is 10.0 Å². The summed E-state index contributed by atoms with van der Waals surface area (Å²) in [4.78, 5) is 65.2. The minimum atomic E-state index is -1.23. The van der Waals surface area contributed by atoms with Crippen LogP contribution in [0.1, 0.15) is 34.1 Å². The predicted molar refractivity (Wildman–Crippen MR) is 140 cm³/mol. The molecule has 0 spiro atoms. The molecule has 37 heavy (non-hydrogen) atoms. The van der Waals surface area contributed by atoms with Crippen LogP contribution in [-0.2, 0) is 9.59 Å². The normalized spacial score (nSPS) is 28.8. The molecule has 2 aromatic carbocycles. The minimum Gasteiger partial charge on any atom is -0.292 e. The van der Waals surface area contributed by atoms with E-state index in [2.05, 4.69) is 31.9 Å². The number of nitro groups is 1. The molecule has 5 rings (SSSR count). The molecule has 3 amide bonds. The van der Waals surface area contributed by atoms with E-state index in [9.17, 15) is 29.3 Å². The molecule has 3 fully saturated rings. The number of carbonyl (C=O) groups is 4. The Balaban J connectivity index is 1.54. The molecule has 12 heteroatoms. The SMILES string of the molecule is C[C@H](C(=O)c1ccc(Cl)cc1)N(C(=O)c1ccc([N+](=O)[O-])cc1)N1C(=O)[C@@H]2[C@H]3C[C@@H]([C@H](Br)[C@@H]3Br)[C@@H]2C1=O. The summed E-state index contributed by atoms with van der Waals surface area (Å²) in [5, 5.41) is 13.2. The Morgan fingerprint density at radius 1 is 0.973 bits per heavy atom. The van der Waals surface area contributed by atoms with E-state index in [1.54, 1.807) is 0 Å². The second kappa shape index (κ2) is 9.59. The largest absolute Gasteiger partial charge is 0.292 e. The molecule has 0 N–H and O–H groups in total. The van der Waals surface area contributed by atoms with Gasteiger partial charge in [0, 0.05) is 37.9 Å². The number of rotatable bonds is 6. The van der Waals surface area contributed by atoms with Crippen molar-refractivity contribution < 1.29 is 24.1 Å². The summed E-state index contributed by atoms with van der Waals surface area (Å²) in [5.41, 5.74) is 0.0251. The number of fused-ring (bicyclic) bond motifs is 5. The summed E-state index contributed by atoms with van der Waals surface area (Å²) in [7, 11) is 0. The summed E-state index contributed by atoms with van der Waals surface area (Å²) in [6.07, 6.45) is 0.710. The molecule has 9 nitrogen and oxygen atoms in total. The van der Waals surface area contributed by atoms with Crippen LogP contribution in [-0.4, -0.2) is 54.1 Å². The zero-order chi connectivity index (χ0) is 26.8. The van der Waals surface area contributed by atoms with Gasteiger partial charge in [-0.2, -0.15) is 5.01 Å². The van der Waals surface area contributed by atoms with Crippen LogP contribution in [0.15, 0.2) is 48.5 Å². The van der Waals surface area contributed by atoms with E-state index < -0.39 is 46.3 Å². The van der Waals surface area contributed by atoms with Gasteiger partial charge in [-0.05, 0) is 61.6 Å². The van der Waals surface area contributed by atoms with Crippen molar-refractivity contribution in [3.63, 3.8) is 0 Å². The molecular weight excluding hydrogens is 634 g/mol. The molecule has 3 aliphatic rings. The third kappa shape index (κ3) is 4.11. The number of nitrogens with zero attached hydrogens (tertiary/aromatic N) is 3. The van der Waals surface area contributed by atoms with Gasteiger partial charge in [-0.15, -0.1) is 0 Å². The smallest absolute Gasteiger partial charge is 0.273 e. The van der Waals surface area contributed by atoms with Gasteiger partial charge in [0.15, 0.2) is 5.78 Å². The van der Waals surface area contributed by atoms with Crippen molar-refractivity contribution in [2.24, 2.45) is 23.7 Å². The molecule has 7 atom stereocenters. The maximum Gasteiger partial charge on any atom is 0.273 e. The number of benzene rings is 2. The average Bonchev–Trinajstić information content (AvgIpc) is 3.50. The molecule has 2 aromatic rings. The minimum absolute atomic E-state index is 0.00118. The van der Waals surface area contributed by atoms with Crippen LogP contribution in [0, 0.1) is 33.8 Å². The number of ketones is 1. The van der Waals surface area contributed by atoms with Gasteiger partial charge < -0.3 is 0 Å². The van der Waals surface area contributed by atoms with Crippen LogP contribution < -0.4 is 0 Å². The highest BCUT2D eigenvalue weighted by molar-refractivity contribution is 9.12. The summed E-state index contributed by atoms with van der Waals surface area (Å²) >= 11 is 13.2. The van der Waals surface area contributed by atoms with Crippen LogP contribution in [0.3, 0.4) is 0 Å². The van der Waals surface area contributed by atoms with Crippen LogP contribution in [0.4, 0.5) is 5.69 Å². The first kappa shape index (κ1) is 26.0. The Morgan fingerprint density at radius 2 is 1.46 bits per heavy atom. The number of amides is 3. The summed E-state index contributed by atoms with van der Waals surface area (Å²) in [5.74, 6) is -3.68. The Labute approximate surface area is 233 Å². The average molecular weight is 654 g/mol. The van der Waals surface area contributed by atoms with Crippen LogP contribution in [0.25, 0.3) is 0 Å². The van der Waals surface area contributed by atoms with Crippen molar-refractivity contribution >= 4 is 72.7 Å². The Kier molecular flexibility index (Phi) is 6.74. The Morgan fingerprint density at radius 3 is 1.95 bits per heavy atom. The number of halogens is 3. The third-order valence-electron chi connectivity index (χ3n) is 7.59. The van der Waals surface area contributed by atoms with Crippen LogP contribution >= 0.6 is 43.5 Å². The zero-order valence-electron chi connectivity index (χ0n) is 19.3. The van der Waals surface area contributed by atoms with Crippen molar-refractivity contribution in [3.05, 3.63) is 74.8 Å². The predicted octanol–water partition coefficient (Wildman–Crippen LogP) is 4.65. The molecular formula is C25H20Br2ClN3O6. The number of nitro benzene ring substituents is 1. The lowest BCUT2D eigenvalue weighted by atomic mass is 9.81. The summed E-state index contributed by atoms with van der Waals surface area (Å²) < 4.78 is 0. The van der Waals surface area contributed by atoms with E-state index in [0.29, 0.717) is 11.4 Å². The lowest BCUT2D eigenvalue weighted by Gasteiger charge is -2.35. The van der Waals surface area contributed by atoms with Gasteiger partial charge in [0.05, 0.1) is 16.8 Å². The molecule has 1 saturated heterocycles. The fraction of sp³-hybridized carbons (Fsp3) is 0.360. The topological polar surface area (TPSA) is 118 Å². The Bertz CT molecular complexity index is 1290. The van der Waals surface area contributed by atoms with Crippen molar-refractivity contribution in [1.29, 1.82) is 0 Å². The monoisotopic (exact) mass is 651 g/mol. The summed E-state index contributed by atoms with van der Waals surface area (Å²) in [6.45, 7) is 1.45. The number of hydrogen-bond donors (Lipinski definition) is 0. The molecule has 0 unspecified atom stereocenters. The Hall–Kier alpha value is -2.63. The molecule has 192 valence electrons. The molecule has 1 aliphatic heterocycles. The van der Waals surface area contributed by atoms with Crippen LogP contribution in [0.2, 0.25) is 5.02 Å². The molecule has 0 radical (unpaired) electrons.